The molecule has 0 aliphatic rings. The van der Waals surface area contributed by atoms with E-state index in [4.69, 9.17) is 4.42 Å². The molecule has 3 aromatic rings. The van der Waals surface area contributed by atoms with Crippen molar-refractivity contribution in [3.8, 4) is 17.1 Å². The highest BCUT2D eigenvalue weighted by Gasteiger charge is 2.31. The van der Waals surface area contributed by atoms with Crippen LogP contribution in [0.3, 0.4) is 0 Å². The standard InChI is InChI=1S/C17H14F3NO5S2/c18-17(19,20)26-12-1-3-13(4-2-12)28(23,24)21-9-14(22)16-6-5-15(25-16)11-7-8-27-10-11/h1-8,10,14,21-22H,9H2/t14-/m0/s1. The Bertz CT molecular complexity index is 1010. The fourth-order valence-corrected chi connectivity index (χ4v) is 3.97. The fourth-order valence-electron chi connectivity index (χ4n) is 2.28. The van der Waals surface area contributed by atoms with E-state index in [1.807, 2.05) is 16.8 Å². The molecule has 2 heterocycles. The van der Waals surface area contributed by atoms with Gasteiger partial charge in [-0.3, -0.25) is 0 Å². The fraction of sp³-hybridized carbons (Fsp3) is 0.176. The number of hydrogen-bond donors (Lipinski definition) is 2. The van der Waals surface area contributed by atoms with Gasteiger partial charge in [0.15, 0.2) is 0 Å². The summed E-state index contributed by atoms with van der Waals surface area (Å²) in [7, 11) is -4.05. The van der Waals surface area contributed by atoms with Crippen LogP contribution >= 0.6 is 11.3 Å². The number of aliphatic hydroxyl groups is 1. The van der Waals surface area contributed by atoms with Crippen LogP contribution in [0.4, 0.5) is 13.2 Å². The van der Waals surface area contributed by atoms with E-state index in [9.17, 15) is 26.7 Å². The second kappa shape index (κ2) is 7.95. The summed E-state index contributed by atoms with van der Waals surface area (Å²) in [6, 6.07) is 8.75. The van der Waals surface area contributed by atoms with Crippen LogP contribution in [0.1, 0.15) is 11.9 Å². The second-order valence-electron chi connectivity index (χ2n) is 5.60. The Kier molecular flexibility index (Phi) is 5.79. The van der Waals surface area contributed by atoms with Gasteiger partial charge in [-0.15, -0.1) is 13.2 Å². The molecule has 0 aliphatic carbocycles. The van der Waals surface area contributed by atoms with Crippen molar-refractivity contribution in [2.75, 3.05) is 6.54 Å². The molecule has 11 heteroatoms. The zero-order valence-electron chi connectivity index (χ0n) is 14.0. The maximum atomic E-state index is 12.2. The molecule has 0 fully saturated rings. The van der Waals surface area contributed by atoms with Crippen molar-refractivity contribution in [1.29, 1.82) is 0 Å². The molecule has 28 heavy (non-hydrogen) atoms. The second-order valence-corrected chi connectivity index (χ2v) is 8.15. The third-order valence-corrected chi connectivity index (χ3v) is 5.72. The van der Waals surface area contributed by atoms with E-state index in [-0.39, 0.29) is 17.2 Å². The number of benzene rings is 1. The molecule has 0 aliphatic heterocycles. The molecule has 6 nitrogen and oxygen atoms in total. The van der Waals surface area contributed by atoms with Crippen molar-refractivity contribution in [1.82, 2.24) is 4.72 Å². The first-order valence-electron chi connectivity index (χ1n) is 7.80. The third-order valence-electron chi connectivity index (χ3n) is 3.60. The minimum atomic E-state index is -4.87. The SMILES string of the molecule is O=S(=O)(NC[C@H](O)c1ccc(-c2ccsc2)o1)c1ccc(OC(F)(F)F)cc1. The monoisotopic (exact) mass is 433 g/mol. The number of hydrogen-bond acceptors (Lipinski definition) is 6. The summed E-state index contributed by atoms with van der Waals surface area (Å²) >= 11 is 1.48. The number of thiophene rings is 1. The van der Waals surface area contributed by atoms with Crippen molar-refractivity contribution in [3.63, 3.8) is 0 Å². The van der Waals surface area contributed by atoms with E-state index in [0.717, 1.165) is 29.8 Å². The Hall–Kier alpha value is -2.34. The lowest BCUT2D eigenvalue weighted by Crippen LogP contribution is -2.28. The highest BCUT2D eigenvalue weighted by molar-refractivity contribution is 7.89. The largest absolute Gasteiger partial charge is 0.573 e. The Labute approximate surface area is 162 Å². The molecule has 0 amide bonds. The van der Waals surface area contributed by atoms with Crippen molar-refractivity contribution in [3.05, 3.63) is 59.0 Å². The van der Waals surface area contributed by atoms with Gasteiger partial charge in [0.25, 0.3) is 0 Å². The molecular weight excluding hydrogens is 419 g/mol. The zero-order valence-corrected chi connectivity index (χ0v) is 15.6. The van der Waals surface area contributed by atoms with Gasteiger partial charge in [0, 0.05) is 17.5 Å². The molecule has 0 bridgehead atoms. The topological polar surface area (TPSA) is 88.8 Å². The number of sulfonamides is 1. The predicted molar refractivity (Wildman–Crippen MR) is 95.3 cm³/mol. The maximum absolute atomic E-state index is 12.2. The highest BCUT2D eigenvalue weighted by atomic mass is 32.2. The van der Waals surface area contributed by atoms with Gasteiger partial charge in [-0.05, 0) is 47.8 Å². The van der Waals surface area contributed by atoms with E-state index in [1.165, 1.54) is 17.4 Å². The quantitative estimate of drug-likeness (QED) is 0.590. The van der Waals surface area contributed by atoms with Crippen LogP contribution in [-0.2, 0) is 10.0 Å². The zero-order chi connectivity index (χ0) is 20.4. The molecule has 2 aromatic heterocycles. The minimum Gasteiger partial charge on any atom is -0.458 e. The lowest BCUT2D eigenvalue weighted by molar-refractivity contribution is -0.274. The van der Waals surface area contributed by atoms with Crippen LogP contribution < -0.4 is 9.46 Å². The first kappa shape index (κ1) is 20.4. The molecule has 0 saturated heterocycles. The summed E-state index contributed by atoms with van der Waals surface area (Å²) in [5.74, 6) is 0.180. The van der Waals surface area contributed by atoms with E-state index in [0.29, 0.717) is 5.76 Å². The molecular formula is C17H14F3NO5S2. The number of rotatable bonds is 7. The van der Waals surface area contributed by atoms with Crippen molar-refractivity contribution < 1.29 is 35.8 Å². The summed E-state index contributed by atoms with van der Waals surface area (Å²) in [6.07, 6.45) is -6.11. The van der Waals surface area contributed by atoms with Gasteiger partial charge in [0.2, 0.25) is 10.0 Å². The molecule has 2 N–H and O–H groups in total. The number of furan rings is 1. The maximum Gasteiger partial charge on any atom is 0.573 e. The van der Waals surface area contributed by atoms with Gasteiger partial charge in [0.05, 0.1) is 4.90 Å². The summed E-state index contributed by atoms with van der Waals surface area (Å²) in [5.41, 5.74) is 0.838. The summed E-state index contributed by atoms with van der Waals surface area (Å²) in [6.45, 7) is -0.375. The lowest BCUT2D eigenvalue weighted by Gasteiger charge is -2.12. The predicted octanol–water partition coefficient (Wildman–Crippen LogP) is 3.92. The Morgan fingerprint density at radius 1 is 1.14 bits per heavy atom. The minimum absolute atomic E-state index is 0.179. The van der Waals surface area contributed by atoms with Gasteiger partial charge in [-0.25, -0.2) is 13.1 Å². The molecule has 1 atom stereocenters. The van der Waals surface area contributed by atoms with E-state index >= 15 is 0 Å². The van der Waals surface area contributed by atoms with Crippen LogP contribution in [0.2, 0.25) is 0 Å². The molecule has 1 aromatic carbocycles. The highest BCUT2D eigenvalue weighted by Crippen LogP contribution is 2.27. The number of alkyl halides is 3. The number of nitrogens with one attached hydrogen (secondary N) is 1. The first-order chi connectivity index (χ1) is 13.1. The molecule has 0 saturated carbocycles. The summed E-state index contributed by atoms with van der Waals surface area (Å²) in [4.78, 5) is -0.271. The van der Waals surface area contributed by atoms with E-state index in [2.05, 4.69) is 9.46 Å². The molecule has 150 valence electrons. The van der Waals surface area contributed by atoms with Gasteiger partial charge in [-0.1, -0.05) is 0 Å². The van der Waals surface area contributed by atoms with Crippen LogP contribution in [-0.4, -0.2) is 26.4 Å². The summed E-state index contributed by atoms with van der Waals surface area (Å²) in [5, 5.41) is 13.9. The first-order valence-corrected chi connectivity index (χ1v) is 10.2. The van der Waals surface area contributed by atoms with Crippen molar-refractivity contribution >= 4 is 21.4 Å². The van der Waals surface area contributed by atoms with E-state index in [1.54, 1.807) is 6.07 Å². The average Bonchev–Trinajstić information content (AvgIpc) is 3.30. The van der Waals surface area contributed by atoms with Crippen LogP contribution in [0.5, 0.6) is 5.75 Å². The molecule has 0 spiro atoms. The normalized spacial score (nSPS) is 13.4. The summed E-state index contributed by atoms with van der Waals surface area (Å²) < 4.78 is 72.3. The van der Waals surface area contributed by atoms with E-state index < -0.39 is 28.2 Å². The Morgan fingerprint density at radius 2 is 1.86 bits per heavy atom. The molecule has 3 rings (SSSR count). The molecule has 0 unspecified atom stereocenters. The van der Waals surface area contributed by atoms with Crippen molar-refractivity contribution in [2.45, 2.75) is 17.4 Å². The van der Waals surface area contributed by atoms with Gasteiger partial charge < -0.3 is 14.3 Å². The average molecular weight is 433 g/mol. The van der Waals surface area contributed by atoms with Gasteiger partial charge in [-0.2, -0.15) is 11.3 Å². The van der Waals surface area contributed by atoms with Crippen LogP contribution in [0.15, 0.2) is 62.5 Å². The lowest BCUT2D eigenvalue weighted by atomic mass is 10.2. The smallest absolute Gasteiger partial charge is 0.458 e. The molecule has 0 radical (unpaired) electrons. The van der Waals surface area contributed by atoms with Gasteiger partial charge in [0.1, 0.15) is 23.4 Å². The third kappa shape index (κ3) is 5.13. The Balaban J connectivity index is 1.63. The van der Waals surface area contributed by atoms with Crippen molar-refractivity contribution in [2.24, 2.45) is 0 Å². The number of aliphatic hydroxyl groups excluding tert-OH is 1. The van der Waals surface area contributed by atoms with Gasteiger partial charge >= 0.3 is 6.36 Å². The number of ether oxygens (including phenoxy) is 1. The number of halogens is 3. The Morgan fingerprint density at radius 3 is 2.46 bits per heavy atom. The van der Waals surface area contributed by atoms with Crippen LogP contribution in [0, 0.1) is 0 Å². The van der Waals surface area contributed by atoms with Crippen LogP contribution in [0.25, 0.3) is 11.3 Å².